The van der Waals surface area contributed by atoms with Crippen LogP contribution in [0.2, 0.25) is 5.02 Å². The van der Waals surface area contributed by atoms with Gasteiger partial charge in [-0.3, -0.25) is 4.79 Å². The second kappa shape index (κ2) is 13.1. The highest BCUT2D eigenvalue weighted by molar-refractivity contribution is 6.30. The van der Waals surface area contributed by atoms with Crippen molar-refractivity contribution in [1.29, 1.82) is 0 Å². The highest BCUT2D eigenvalue weighted by Gasteiger charge is 2.19. The number of fused-ring (bicyclic) bond motifs is 1. The number of rotatable bonds is 10. The molecule has 0 N–H and O–H groups in total. The second-order valence-electron chi connectivity index (χ2n) is 10.4. The Bertz CT molecular complexity index is 1850. The molecule has 0 aliphatic heterocycles. The lowest BCUT2D eigenvalue weighted by Gasteiger charge is -2.18. The maximum Gasteiger partial charge on any atom is 0.282 e. The summed E-state index contributed by atoms with van der Waals surface area (Å²) in [7, 11) is 1.59. The lowest BCUT2D eigenvalue weighted by Crippen LogP contribution is -2.21. The van der Waals surface area contributed by atoms with E-state index in [1.165, 1.54) is 4.68 Å². The predicted molar refractivity (Wildman–Crippen MR) is 173 cm³/mol. The van der Waals surface area contributed by atoms with Crippen molar-refractivity contribution in [2.45, 2.75) is 40.2 Å². The number of benzene rings is 4. The molecule has 4 aromatic carbocycles. The Morgan fingerprint density at radius 1 is 0.977 bits per heavy atom. The van der Waals surface area contributed by atoms with Gasteiger partial charge in [0, 0.05) is 16.1 Å². The molecule has 0 aliphatic rings. The standard InChI is InChI=1S/C35H34ClN3O4/c1-6-42-32-18-23(4)29(19-28(32)22(2)3)34-38-30-12-8-7-11-27(30)35(40)39(34)37-20-25-10-9-13-31(41-5)33(25)43-21-24-14-16-26(36)17-15-24/h7-20,22H,6,21H2,1-5H3. The van der Waals surface area contributed by atoms with Crippen LogP contribution in [0.25, 0.3) is 22.3 Å². The largest absolute Gasteiger partial charge is 0.494 e. The molecule has 0 saturated heterocycles. The van der Waals surface area contributed by atoms with Crippen LogP contribution in [0.3, 0.4) is 0 Å². The average Bonchev–Trinajstić information content (AvgIpc) is 3.00. The minimum atomic E-state index is -0.275. The van der Waals surface area contributed by atoms with Crippen molar-refractivity contribution in [3.63, 3.8) is 0 Å². The molecule has 1 heterocycles. The Balaban J connectivity index is 1.64. The van der Waals surface area contributed by atoms with Crippen molar-refractivity contribution >= 4 is 28.7 Å². The molecule has 0 atom stereocenters. The van der Waals surface area contributed by atoms with Crippen molar-refractivity contribution in [2.75, 3.05) is 13.7 Å². The van der Waals surface area contributed by atoms with E-state index in [4.69, 9.17) is 35.9 Å². The number of hydrogen-bond donors (Lipinski definition) is 0. The molecule has 0 radical (unpaired) electrons. The Hall–Kier alpha value is -4.62. The molecule has 0 aliphatic carbocycles. The molecule has 7 nitrogen and oxygen atoms in total. The van der Waals surface area contributed by atoms with Gasteiger partial charge in [0.1, 0.15) is 12.4 Å². The topological polar surface area (TPSA) is 74.9 Å². The van der Waals surface area contributed by atoms with Crippen molar-refractivity contribution in [3.8, 4) is 28.6 Å². The number of ether oxygens (including phenoxy) is 3. The van der Waals surface area contributed by atoms with E-state index >= 15 is 0 Å². The molecule has 0 saturated carbocycles. The van der Waals surface area contributed by atoms with Gasteiger partial charge in [0.15, 0.2) is 17.3 Å². The lowest BCUT2D eigenvalue weighted by atomic mass is 9.96. The van der Waals surface area contributed by atoms with Gasteiger partial charge in [-0.15, -0.1) is 0 Å². The molecule has 8 heteroatoms. The van der Waals surface area contributed by atoms with Crippen molar-refractivity contribution < 1.29 is 14.2 Å². The molecule has 0 amide bonds. The third-order valence-electron chi connectivity index (χ3n) is 7.11. The maximum absolute atomic E-state index is 13.9. The zero-order valence-electron chi connectivity index (χ0n) is 24.9. The molecule has 0 spiro atoms. The highest BCUT2D eigenvalue weighted by atomic mass is 35.5. The first-order valence-electron chi connectivity index (χ1n) is 14.2. The van der Waals surface area contributed by atoms with Crippen LogP contribution in [-0.2, 0) is 6.61 Å². The van der Waals surface area contributed by atoms with Crippen molar-refractivity contribution in [3.05, 3.63) is 116 Å². The normalized spacial score (nSPS) is 11.4. The number of methoxy groups -OCH3 is 1. The smallest absolute Gasteiger partial charge is 0.282 e. The fourth-order valence-corrected chi connectivity index (χ4v) is 5.01. The number of hydrogen-bond acceptors (Lipinski definition) is 6. The third kappa shape index (κ3) is 6.42. The van der Waals surface area contributed by atoms with Crippen molar-refractivity contribution in [2.24, 2.45) is 5.10 Å². The monoisotopic (exact) mass is 595 g/mol. The SMILES string of the molecule is CCOc1cc(C)c(-c2nc3ccccc3c(=O)n2N=Cc2cccc(OC)c2OCc2ccc(Cl)cc2)cc1C(C)C. The maximum atomic E-state index is 13.9. The van der Waals surface area contributed by atoms with E-state index in [0.717, 1.165) is 28.0 Å². The van der Waals surface area contributed by atoms with Gasteiger partial charge in [-0.25, -0.2) is 4.98 Å². The van der Waals surface area contributed by atoms with Gasteiger partial charge in [-0.05, 0) is 85.0 Å². The van der Waals surface area contributed by atoms with Gasteiger partial charge in [-0.2, -0.15) is 9.78 Å². The van der Waals surface area contributed by atoms with Gasteiger partial charge in [0.05, 0.1) is 30.8 Å². The Kier molecular flexibility index (Phi) is 9.12. The van der Waals surface area contributed by atoms with Gasteiger partial charge < -0.3 is 14.2 Å². The van der Waals surface area contributed by atoms with E-state index in [0.29, 0.717) is 52.0 Å². The number of para-hydroxylation sites is 2. The summed E-state index contributed by atoms with van der Waals surface area (Å²) in [5, 5.41) is 5.84. The van der Waals surface area contributed by atoms with Crippen LogP contribution in [0.1, 0.15) is 48.9 Å². The number of nitrogens with zero attached hydrogens (tertiary/aromatic N) is 3. The predicted octanol–water partition coefficient (Wildman–Crippen LogP) is 8.02. The van der Waals surface area contributed by atoms with Gasteiger partial charge in [0.2, 0.25) is 0 Å². The minimum absolute atomic E-state index is 0.196. The quantitative estimate of drug-likeness (QED) is 0.153. The Morgan fingerprint density at radius 2 is 1.74 bits per heavy atom. The summed E-state index contributed by atoms with van der Waals surface area (Å²) in [6, 6.07) is 24.3. The first-order chi connectivity index (χ1) is 20.8. The number of aryl methyl sites for hydroxylation is 1. The number of halogens is 1. The summed E-state index contributed by atoms with van der Waals surface area (Å²) >= 11 is 6.05. The molecular formula is C35H34ClN3O4. The third-order valence-corrected chi connectivity index (χ3v) is 7.36. The molecular weight excluding hydrogens is 562 g/mol. The highest BCUT2D eigenvalue weighted by Crippen LogP contribution is 2.35. The first-order valence-corrected chi connectivity index (χ1v) is 14.6. The molecule has 0 fully saturated rings. The van der Waals surface area contributed by atoms with E-state index in [9.17, 15) is 4.79 Å². The first kappa shape index (κ1) is 29.9. The van der Waals surface area contributed by atoms with E-state index in [1.54, 1.807) is 19.4 Å². The Morgan fingerprint density at radius 3 is 2.47 bits per heavy atom. The van der Waals surface area contributed by atoms with Gasteiger partial charge >= 0.3 is 0 Å². The Labute approximate surface area is 256 Å². The fraction of sp³-hybridized carbons (Fsp3) is 0.229. The van der Waals surface area contributed by atoms with Crippen molar-refractivity contribution in [1.82, 2.24) is 9.66 Å². The van der Waals surface area contributed by atoms with Gasteiger partial charge in [-0.1, -0.05) is 55.8 Å². The summed E-state index contributed by atoms with van der Waals surface area (Å²) in [5.74, 6) is 2.52. The van der Waals surface area contributed by atoms with Crippen LogP contribution < -0.4 is 19.8 Å². The average molecular weight is 596 g/mol. The molecule has 0 unspecified atom stereocenters. The molecule has 1 aromatic heterocycles. The molecule has 220 valence electrons. The van der Waals surface area contributed by atoms with E-state index in [1.807, 2.05) is 80.6 Å². The lowest BCUT2D eigenvalue weighted by molar-refractivity contribution is 0.284. The van der Waals surface area contributed by atoms with Crippen LogP contribution >= 0.6 is 11.6 Å². The fourth-order valence-electron chi connectivity index (χ4n) is 4.88. The summed E-state index contributed by atoms with van der Waals surface area (Å²) in [5.41, 5.74) is 4.67. The van der Waals surface area contributed by atoms with Crippen LogP contribution in [0.15, 0.2) is 88.8 Å². The summed E-state index contributed by atoms with van der Waals surface area (Å²) in [6.07, 6.45) is 1.61. The van der Waals surface area contributed by atoms with Crippen LogP contribution in [0.5, 0.6) is 17.2 Å². The van der Waals surface area contributed by atoms with E-state index < -0.39 is 0 Å². The second-order valence-corrected chi connectivity index (χ2v) is 10.8. The summed E-state index contributed by atoms with van der Waals surface area (Å²) in [4.78, 5) is 18.8. The molecule has 5 aromatic rings. The molecule has 43 heavy (non-hydrogen) atoms. The summed E-state index contributed by atoms with van der Waals surface area (Å²) < 4.78 is 19.1. The minimum Gasteiger partial charge on any atom is -0.494 e. The number of aromatic nitrogens is 2. The van der Waals surface area contributed by atoms with Crippen LogP contribution in [0.4, 0.5) is 0 Å². The van der Waals surface area contributed by atoms with E-state index in [-0.39, 0.29) is 11.5 Å². The van der Waals surface area contributed by atoms with Crippen LogP contribution in [0, 0.1) is 6.92 Å². The molecule has 0 bridgehead atoms. The van der Waals surface area contributed by atoms with E-state index in [2.05, 4.69) is 19.9 Å². The molecule has 5 rings (SSSR count). The van der Waals surface area contributed by atoms with Gasteiger partial charge in [0.25, 0.3) is 5.56 Å². The summed E-state index contributed by atoms with van der Waals surface area (Å²) in [6.45, 7) is 9.04. The zero-order valence-corrected chi connectivity index (χ0v) is 25.7. The zero-order chi connectivity index (χ0) is 30.5. The van der Waals surface area contributed by atoms with Crippen LogP contribution in [-0.4, -0.2) is 29.6 Å².